The molecule has 4 nitrogen and oxygen atoms in total. The van der Waals surface area contributed by atoms with Crippen LogP contribution in [-0.2, 0) is 6.54 Å². The number of benzene rings is 2. The number of carbonyl (C=O) groups excluding carboxylic acids is 1. The number of hydrogen-bond donors (Lipinski definition) is 0. The second-order valence-corrected chi connectivity index (χ2v) is 5.62. The van der Waals surface area contributed by atoms with E-state index in [1.807, 2.05) is 19.1 Å². The van der Waals surface area contributed by atoms with Crippen LogP contribution in [0.3, 0.4) is 0 Å². The third-order valence-corrected chi connectivity index (χ3v) is 3.59. The molecule has 0 saturated carbocycles. The zero-order valence-corrected chi connectivity index (χ0v) is 14.5. The Hall–Kier alpha value is -2.63. The van der Waals surface area contributed by atoms with Gasteiger partial charge in [0.2, 0.25) is 0 Å². The molecular weight excluding hydrogens is 328 g/mol. The van der Waals surface area contributed by atoms with Gasteiger partial charge in [0, 0.05) is 19.2 Å². The van der Waals surface area contributed by atoms with Crippen LogP contribution in [0.5, 0.6) is 11.5 Å². The van der Waals surface area contributed by atoms with Crippen molar-refractivity contribution in [2.75, 3.05) is 13.7 Å². The molecule has 134 valence electrons. The van der Waals surface area contributed by atoms with Crippen molar-refractivity contribution in [2.24, 2.45) is 0 Å². The molecule has 0 saturated heterocycles. The summed E-state index contributed by atoms with van der Waals surface area (Å²) in [7, 11) is 1.69. The smallest absolute Gasteiger partial charge is 0.387 e. The Morgan fingerprint density at radius 2 is 1.80 bits per heavy atom. The Balaban J connectivity index is 2.14. The van der Waals surface area contributed by atoms with Crippen LogP contribution in [0.15, 0.2) is 42.5 Å². The predicted octanol–water partition coefficient (Wildman–Crippen LogP) is 4.27. The van der Waals surface area contributed by atoms with Crippen LogP contribution in [0.4, 0.5) is 8.78 Å². The van der Waals surface area contributed by atoms with Crippen LogP contribution in [0.1, 0.15) is 28.4 Å². The zero-order valence-electron chi connectivity index (χ0n) is 14.5. The number of carbonyl (C=O) groups is 1. The molecule has 0 aliphatic rings. The van der Waals surface area contributed by atoms with E-state index in [1.54, 1.807) is 43.1 Å². The zero-order chi connectivity index (χ0) is 18.4. The predicted molar refractivity (Wildman–Crippen MR) is 91.2 cm³/mol. The molecule has 25 heavy (non-hydrogen) atoms. The standard InChI is InChI=1S/C19H21F2NO3/c1-4-24-17-11-14(7-10-16(17)25-19(20)21)12-22(3)18(23)15-8-5-13(2)6-9-15/h5-11,19H,4,12H2,1-3H3. The van der Waals surface area contributed by atoms with Gasteiger partial charge in [0.15, 0.2) is 11.5 Å². The van der Waals surface area contributed by atoms with Crippen LogP contribution in [0.2, 0.25) is 0 Å². The molecule has 0 aromatic heterocycles. The highest BCUT2D eigenvalue weighted by Gasteiger charge is 2.15. The van der Waals surface area contributed by atoms with Gasteiger partial charge in [0.05, 0.1) is 6.61 Å². The maximum atomic E-state index is 12.5. The summed E-state index contributed by atoms with van der Waals surface area (Å²) in [5.74, 6) is 0.0930. The van der Waals surface area contributed by atoms with Crippen LogP contribution in [0.25, 0.3) is 0 Å². The summed E-state index contributed by atoms with van der Waals surface area (Å²) in [6, 6.07) is 12.0. The highest BCUT2D eigenvalue weighted by molar-refractivity contribution is 5.94. The SMILES string of the molecule is CCOc1cc(CN(C)C(=O)c2ccc(C)cc2)ccc1OC(F)F. The van der Waals surface area contributed by atoms with Crippen LogP contribution >= 0.6 is 0 Å². The minimum absolute atomic E-state index is 0.0203. The van der Waals surface area contributed by atoms with Gasteiger partial charge >= 0.3 is 6.61 Å². The van der Waals surface area contributed by atoms with Gasteiger partial charge in [0.25, 0.3) is 5.91 Å². The molecule has 0 N–H and O–H groups in total. The minimum atomic E-state index is -2.92. The van der Waals surface area contributed by atoms with E-state index in [9.17, 15) is 13.6 Å². The molecule has 0 radical (unpaired) electrons. The molecule has 2 aromatic rings. The molecule has 6 heteroatoms. The molecule has 0 spiro atoms. The minimum Gasteiger partial charge on any atom is -0.490 e. The first-order valence-electron chi connectivity index (χ1n) is 7.93. The van der Waals surface area contributed by atoms with E-state index in [4.69, 9.17) is 4.74 Å². The Morgan fingerprint density at radius 3 is 2.40 bits per heavy atom. The Morgan fingerprint density at radius 1 is 1.12 bits per heavy atom. The number of nitrogens with zero attached hydrogens (tertiary/aromatic N) is 1. The van der Waals surface area contributed by atoms with Gasteiger partial charge in [-0.2, -0.15) is 8.78 Å². The monoisotopic (exact) mass is 349 g/mol. The number of rotatable bonds is 7. The molecular formula is C19H21F2NO3. The molecule has 0 unspecified atom stereocenters. The molecule has 2 aromatic carbocycles. The van der Waals surface area contributed by atoms with Crippen LogP contribution in [0, 0.1) is 6.92 Å². The first-order valence-corrected chi connectivity index (χ1v) is 7.93. The summed E-state index contributed by atoms with van der Waals surface area (Å²) >= 11 is 0. The average molecular weight is 349 g/mol. The fourth-order valence-corrected chi connectivity index (χ4v) is 2.37. The second-order valence-electron chi connectivity index (χ2n) is 5.62. The van der Waals surface area contributed by atoms with E-state index in [-0.39, 0.29) is 17.4 Å². The van der Waals surface area contributed by atoms with E-state index >= 15 is 0 Å². The Labute approximate surface area is 146 Å². The van der Waals surface area contributed by atoms with Gasteiger partial charge in [-0.15, -0.1) is 0 Å². The van der Waals surface area contributed by atoms with E-state index in [0.717, 1.165) is 11.1 Å². The fourth-order valence-electron chi connectivity index (χ4n) is 2.37. The summed E-state index contributed by atoms with van der Waals surface area (Å²) in [5, 5.41) is 0. The maximum absolute atomic E-state index is 12.5. The van der Waals surface area contributed by atoms with Gasteiger partial charge in [-0.05, 0) is 43.7 Å². The average Bonchev–Trinajstić information content (AvgIpc) is 2.57. The maximum Gasteiger partial charge on any atom is 0.387 e. The summed E-state index contributed by atoms with van der Waals surface area (Å²) < 4.78 is 34.7. The normalized spacial score (nSPS) is 10.6. The van der Waals surface area contributed by atoms with Gasteiger partial charge in [-0.25, -0.2) is 0 Å². The third kappa shape index (κ3) is 5.17. The Bertz CT molecular complexity index is 717. The summed E-state index contributed by atoms with van der Waals surface area (Å²) in [6.07, 6.45) is 0. The lowest BCUT2D eigenvalue weighted by atomic mass is 10.1. The van der Waals surface area contributed by atoms with Crippen molar-refractivity contribution in [3.05, 3.63) is 59.2 Å². The van der Waals surface area contributed by atoms with E-state index < -0.39 is 6.61 Å². The van der Waals surface area contributed by atoms with Gasteiger partial charge in [-0.1, -0.05) is 23.8 Å². The lowest BCUT2D eigenvalue weighted by molar-refractivity contribution is -0.0514. The number of hydrogen-bond acceptors (Lipinski definition) is 3. The van der Waals surface area contributed by atoms with Crippen molar-refractivity contribution in [3.63, 3.8) is 0 Å². The van der Waals surface area contributed by atoms with Crippen molar-refractivity contribution in [3.8, 4) is 11.5 Å². The van der Waals surface area contributed by atoms with Gasteiger partial charge in [-0.3, -0.25) is 4.79 Å². The number of alkyl halides is 2. The Kier molecular flexibility index (Phi) is 6.33. The topological polar surface area (TPSA) is 38.8 Å². The summed E-state index contributed by atoms with van der Waals surface area (Å²) in [5.41, 5.74) is 2.43. The first-order chi connectivity index (χ1) is 11.9. The van der Waals surface area contributed by atoms with Crippen molar-refractivity contribution < 1.29 is 23.0 Å². The molecule has 0 aliphatic carbocycles. The highest BCUT2D eigenvalue weighted by Crippen LogP contribution is 2.30. The van der Waals surface area contributed by atoms with Crippen molar-refractivity contribution >= 4 is 5.91 Å². The lowest BCUT2D eigenvalue weighted by Crippen LogP contribution is -2.26. The number of ether oxygens (including phenoxy) is 2. The van der Waals surface area contributed by atoms with E-state index in [2.05, 4.69) is 4.74 Å². The number of halogens is 2. The molecule has 0 heterocycles. The number of amides is 1. The second kappa shape index (κ2) is 8.46. The van der Waals surface area contributed by atoms with Crippen LogP contribution in [-0.4, -0.2) is 31.1 Å². The molecule has 0 aliphatic heterocycles. The van der Waals surface area contributed by atoms with Crippen LogP contribution < -0.4 is 9.47 Å². The summed E-state index contributed by atoms with van der Waals surface area (Å²) in [4.78, 5) is 14.0. The quantitative estimate of drug-likeness (QED) is 0.749. The van der Waals surface area contributed by atoms with Crippen molar-refractivity contribution in [1.82, 2.24) is 4.90 Å². The van der Waals surface area contributed by atoms with Gasteiger partial charge < -0.3 is 14.4 Å². The van der Waals surface area contributed by atoms with Gasteiger partial charge in [0.1, 0.15) is 0 Å². The molecule has 2 rings (SSSR count). The molecule has 1 amide bonds. The lowest BCUT2D eigenvalue weighted by Gasteiger charge is -2.19. The fraction of sp³-hybridized carbons (Fsp3) is 0.316. The highest BCUT2D eigenvalue weighted by atomic mass is 19.3. The number of aryl methyl sites for hydroxylation is 1. The first kappa shape index (κ1) is 18.7. The molecule has 0 bridgehead atoms. The van der Waals surface area contributed by atoms with Crippen molar-refractivity contribution in [1.29, 1.82) is 0 Å². The van der Waals surface area contributed by atoms with E-state index in [1.165, 1.54) is 6.07 Å². The van der Waals surface area contributed by atoms with E-state index in [0.29, 0.717) is 18.7 Å². The molecule has 0 atom stereocenters. The third-order valence-electron chi connectivity index (χ3n) is 3.59. The molecule has 0 fully saturated rings. The summed E-state index contributed by atoms with van der Waals surface area (Å²) in [6.45, 7) is 1.43. The largest absolute Gasteiger partial charge is 0.490 e. The van der Waals surface area contributed by atoms with Crippen molar-refractivity contribution in [2.45, 2.75) is 27.0 Å².